The molecule has 1 aliphatic carbocycles. The number of rotatable bonds is 4. The summed E-state index contributed by atoms with van der Waals surface area (Å²) in [7, 11) is 0. The van der Waals surface area contributed by atoms with Gasteiger partial charge < -0.3 is 9.32 Å². The number of amides is 1. The Morgan fingerprint density at radius 3 is 2.77 bits per heavy atom. The van der Waals surface area contributed by atoms with Gasteiger partial charge in [-0.05, 0) is 42.2 Å². The Morgan fingerprint density at radius 2 is 2.00 bits per heavy atom. The first-order valence-corrected chi connectivity index (χ1v) is 10.1. The van der Waals surface area contributed by atoms with E-state index in [0.29, 0.717) is 28.3 Å². The van der Waals surface area contributed by atoms with Gasteiger partial charge in [-0.3, -0.25) is 4.79 Å². The number of likely N-dealkylation sites (tertiary alicyclic amines) is 1. The number of hydrogen-bond donors (Lipinski definition) is 0. The van der Waals surface area contributed by atoms with Crippen molar-refractivity contribution < 1.29 is 9.21 Å². The van der Waals surface area contributed by atoms with E-state index in [0.717, 1.165) is 24.9 Å². The van der Waals surface area contributed by atoms with Crippen molar-refractivity contribution in [2.24, 2.45) is 10.8 Å². The van der Waals surface area contributed by atoms with Gasteiger partial charge in [-0.25, -0.2) is 0 Å². The highest BCUT2D eigenvalue weighted by atomic mass is 32.2. The monoisotopic (exact) mass is 371 g/mol. The summed E-state index contributed by atoms with van der Waals surface area (Å²) >= 11 is 1.33. The minimum Gasteiger partial charge on any atom is -0.411 e. The maximum absolute atomic E-state index is 12.8. The van der Waals surface area contributed by atoms with E-state index < -0.39 is 0 Å². The largest absolute Gasteiger partial charge is 0.411 e. The zero-order valence-corrected chi connectivity index (χ0v) is 16.4. The van der Waals surface area contributed by atoms with Crippen LogP contribution in [0.15, 0.2) is 40.0 Å². The summed E-state index contributed by atoms with van der Waals surface area (Å²) in [6.07, 6.45) is 3.42. The van der Waals surface area contributed by atoms with Crippen LogP contribution in [0.1, 0.15) is 40.0 Å². The first-order valence-electron chi connectivity index (χ1n) is 9.15. The van der Waals surface area contributed by atoms with Crippen molar-refractivity contribution in [2.75, 3.05) is 12.3 Å². The van der Waals surface area contributed by atoms with Crippen LogP contribution in [0.5, 0.6) is 0 Å². The van der Waals surface area contributed by atoms with Gasteiger partial charge in [0.05, 0.1) is 5.75 Å². The van der Waals surface area contributed by atoms with Crippen molar-refractivity contribution >= 4 is 17.7 Å². The van der Waals surface area contributed by atoms with Crippen LogP contribution in [-0.4, -0.2) is 39.3 Å². The maximum Gasteiger partial charge on any atom is 0.277 e. The van der Waals surface area contributed by atoms with E-state index in [1.807, 2.05) is 30.3 Å². The van der Waals surface area contributed by atoms with Crippen LogP contribution in [-0.2, 0) is 4.79 Å². The average Bonchev–Trinajstić information content (AvgIpc) is 3.15. The lowest BCUT2D eigenvalue weighted by Crippen LogP contribution is -2.38. The van der Waals surface area contributed by atoms with E-state index in [-0.39, 0.29) is 11.3 Å². The third-order valence-electron chi connectivity index (χ3n) is 5.48. The van der Waals surface area contributed by atoms with E-state index in [4.69, 9.17) is 4.42 Å². The van der Waals surface area contributed by atoms with Gasteiger partial charge in [-0.2, -0.15) is 0 Å². The molecule has 138 valence electrons. The van der Waals surface area contributed by atoms with Crippen molar-refractivity contribution in [1.29, 1.82) is 0 Å². The Labute approximate surface area is 158 Å². The lowest BCUT2D eigenvalue weighted by molar-refractivity contribution is -0.129. The average molecular weight is 372 g/mol. The van der Waals surface area contributed by atoms with Crippen LogP contribution in [0.25, 0.3) is 11.5 Å². The fraction of sp³-hybridized carbons (Fsp3) is 0.550. The van der Waals surface area contributed by atoms with Crippen molar-refractivity contribution in [3.05, 3.63) is 30.3 Å². The SMILES string of the molecule is CC1(C)C[C@H]2C[C@](C)(CN2C(=O)CSc2nnc(-c3ccccc3)o2)C1. The predicted molar refractivity (Wildman–Crippen MR) is 102 cm³/mol. The molecule has 2 heterocycles. The van der Waals surface area contributed by atoms with Gasteiger partial charge in [-0.15, -0.1) is 10.2 Å². The summed E-state index contributed by atoms with van der Waals surface area (Å²) in [5.74, 6) is 1.02. The van der Waals surface area contributed by atoms with E-state index in [1.54, 1.807) is 0 Å². The molecule has 1 aromatic heterocycles. The number of hydrogen-bond acceptors (Lipinski definition) is 5. The van der Waals surface area contributed by atoms with Gasteiger partial charge in [0.2, 0.25) is 11.8 Å². The molecule has 4 rings (SSSR count). The Morgan fingerprint density at radius 1 is 1.23 bits per heavy atom. The third kappa shape index (κ3) is 3.52. The van der Waals surface area contributed by atoms with E-state index >= 15 is 0 Å². The van der Waals surface area contributed by atoms with Gasteiger partial charge in [0.25, 0.3) is 5.22 Å². The molecular weight excluding hydrogens is 346 g/mol. The second-order valence-electron chi connectivity index (χ2n) is 8.76. The lowest BCUT2D eigenvalue weighted by atomic mass is 9.65. The number of aromatic nitrogens is 2. The summed E-state index contributed by atoms with van der Waals surface area (Å²) in [4.78, 5) is 14.9. The summed E-state index contributed by atoms with van der Waals surface area (Å²) in [6.45, 7) is 7.85. The minimum atomic E-state index is 0.181. The summed E-state index contributed by atoms with van der Waals surface area (Å²) in [6, 6.07) is 10.1. The Bertz CT molecular complexity index is 804. The van der Waals surface area contributed by atoms with Gasteiger partial charge in [-0.1, -0.05) is 50.7 Å². The Kier molecular flexibility index (Phi) is 4.34. The van der Waals surface area contributed by atoms with Crippen molar-refractivity contribution in [1.82, 2.24) is 15.1 Å². The Balaban J connectivity index is 1.39. The smallest absolute Gasteiger partial charge is 0.277 e. The predicted octanol–water partition coefficient (Wildman–Crippen LogP) is 4.26. The second-order valence-corrected chi connectivity index (χ2v) is 9.69. The molecule has 1 saturated heterocycles. The lowest BCUT2D eigenvalue weighted by Gasteiger charge is -2.39. The van der Waals surface area contributed by atoms with Crippen LogP contribution < -0.4 is 0 Å². The zero-order chi connectivity index (χ0) is 18.4. The van der Waals surface area contributed by atoms with Crippen LogP contribution in [0.3, 0.4) is 0 Å². The highest BCUT2D eigenvalue weighted by molar-refractivity contribution is 7.99. The molecule has 2 aromatic rings. The van der Waals surface area contributed by atoms with Gasteiger partial charge in [0.15, 0.2) is 0 Å². The maximum atomic E-state index is 12.8. The van der Waals surface area contributed by atoms with Crippen molar-refractivity contribution in [2.45, 2.75) is 51.3 Å². The van der Waals surface area contributed by atoms with Crippen LogP contribution >= 0.6 is 11.8 Å². The molecule has 0 spiro atoms. The van der Waals surface area contributed by atoms with Gasteiger partial charge in [0.1, 0.15) is 0 Å². The Hall–Kier alpha value is -1.82. The molecule has 2 fully saturated rings. The molecule has 6 heteroatoms. The molecule has 0 unspecified atom stereocenters. The number of benzene rings is 1. The number of carbonyl (C=O) groups excluding carboxylic acids is 1. The molecular formula is C20H25N3O2S. The third-order valence-corrected chi connectivity index (χ3v) is 6.28. The standard InChI is InChI=1S/C20H25N3O2S/c1-19(2)9-15-10-20(3,12-19)13-23(15)16(24)11-26-18-22-21-17(25-18)14-7-5-4-6-8-14/h4-8,15H,9-13H2,1-3H3/t15-,20-/m0/s1. The highest BCUT2D eigenvalue weighted by Crippen LogP contribution is 2.52. The molecule has 0 radical (unpaired) electrons. The summed E-state index contributed by atoms with van der Waals surface area (Å²) in [5.41, 5.74) is 1.47. The molecule has 2 bridgehead atoms. The zero-order valence-electron chi connectivity index (χ0n) is 15.6. The molecule has 1 saturated carbocycles. The first-order chi connectivity index (χ1) is 12.3. The normalized spacial score (nSPS) is 26.9. The van der Waals surface area contributed by atoms with Gasteiger partial charge in [0, 0.05) is 18.2 Å². The fourth-order valence-corrected chi connectivity index (χ4v) is 5.57. The second kappa shape index (κ2) is 6.41. The molecule has 5 nitrogen and oxygen atoms in total. The molecule has 2 aliphatic rings. The molecule has 1 amide bonds. The van der Waals surface area contributed by atoms with Crippen LogP contribution in [0.4, 0.5) is 0 Å². The van der Waals surface area contributed by atoms with Gasteiger partial charge >= 0.3 is 0 Å². The van der Waals surface area contributed by atoms with Crippen LogP contribution in [0, 0.1) is 10.8 Å². The highest BCUT2D eigenvalue weighted by Gasteiger charge is 2.50. The quantitative estimate of drug-likeness (QED) is 0.752. The first kappa shape index (κ1) is 17.6. The summed E-state index contributed by atoms with van der Waals surface area (Å²) in [5, 5.41) is 8.60. The fourth-order valence-electron chi connectivity index (χ4n) is 4.92. The molecule has 2 atom stereocenters. The van der Waals surface area contributed by atoms with Crippen molar-refractivity contribution in [3.63, 3.8) is 0 Å². The molecule has 26 heavy (non-hydrogen) atoms. The molecule has 1 aromatic carbocycles. The van der Waals surface area contributed by atoms with E-state index in [9.17, 15) is 4.79 Å². The number of fused-ring (bicyclic) bond motifs is 2. The number of carbonyl (C=O) groups is 1. The topological polar surface area (TPSA) is 59.2 Å². The van der Waals surface area contributed by atoms with E-state index in [2.05, 4.69) is 35.9 Å². The number of nitrogens with zero attached hydrogens (tertiary/aromatic N) is 3. The van der Waals surface area contributed by atoms with Crippen LogP contribution in [0.2, 0.25) is 0 Å². The summed E-state index contributed by atoms with van der Waals surface area (Å²) < 4.78 is 5.69. The molecule has 1 aliphatic heterocycles. The minimum absolute atomic E-state index is 0.181. The molecule has 0 N–H and O–H groups in total. The van der Waals surface area contributed by atoms with E-state index in [1.165, 1.54) is 18.2 Å². The van der Waals surface area contributed by atoms with Crippen molar-refractivity contribution in [3.8, 4) is 11.5 Å². The number of thioether (sulfide) groups is 1.